The van der Waals surface area contributed by atoms with Crippen molar-refractivity contribution < 1.29 is 0 Å². The first-order chi connectivity index (χ1) is 20.7. The summed E-state index contributed by atoms with van der Waals surface area (Å²) in [5, 5.41) is 2.58. The van der Waals surface area contributed by atoms with E-state index in [1.165, 1.54) is 60.5 Å². The van der Waals surface area contributed by atoms with E-state index in [-0.39, 0.29) is 5.41 Å². The molecule has 0 amide bonds. The zero-order valence-corrected chi connectivity index (χ0v) is 24.0. The molecule has 4 aromatic rings. The molecule has 1 heteroatoms. The number of rotatable bonds is 4. The van der Waals surface area contributed by atoms with Crippen LogP contribution < -0.4 is 10.4 Å². The summed E-state index contributed by atoms with van der Waals surface area (Å²) in [4.78, 5) is 5.51. The molecule has 202 valence electrons. The Morgan fingerprint density at radius 3 is 2.00 bits per heavy atom. The van der Waals surface area contributed by atoms with Gasteiger partial charge in [-0.3, -0.25) is 0 Å². The second-order valence-corrected chi connectivity index (χ2v) is 11.7. The largest absolute Gasteiger partial charge is 0.248 e. The van der Waals surface area contributed by atoms with Crippen LogP contribution in [0, 0.1) is 0 Å². The number of hydrogen-bond donors (Lipinski definition) is 0. The Hall–Kier alpha value is -4.75. The molecular formula is C41H33N. The number of hydrogen-bond acceptors (Lipinski definition) is 1. The fraction of sp³-hybridized carbons (Fsp3) is 0.146. The molecule has 0 fully saturated rings. The lowest BCUT2D eigenvalue weighted by Gasteiger charge is -2.31. The van der Waals surface area contributed by atoms with E-state index in [2.05, 4.69) is 135 Å². The summed E-state index contributed by atoms with van der Waals surface area (Å²) in [5.74, 6) is 0. The summed E-state index contributed by atoms with van der Waals surface area (Å²) in [6.07, 6.45) is 13.2. The lowest BCUT2D eigenvalue weighted by molar-refractivity contribution is 0.767. The van der Waals surface area contributed by atoms with Crippen LogP contribution in [0.1, 0.15) is 54.9 Å². The molecule has 42 heavy (non-hydrogen) atoms. The minimum atomic E-state index is -0.355. The van der Waals surface area contributed by atoms with Crippen molar-refractivity contribution in [1.29, 1.82) is 0 Å². The van der Waals surface area contributed by atoms with Crippen LogP contribution in [0.25, 0.3) is 28.3 Å². The number of aliphatic imine (C=N–C) groups is 1. The maximum Gasteiger partial charge on any atom is 0.0753 e. The number of benzene rings is 4. The maximum atomic E-state index is 5.51. The zero-order valence-electron chi connectivity index (χ0n) is 24.0. The highest BCUT2D eigenvalue weighted by molar-refractivity contribution is 6.44. The topological polar surface area (TPSA) is 12.4 Å². The lowest BCUT2D eigenvalue weighted by Crippen LogP contribution is -2.32. The van der Waals surface area contributed by atoms with Crippen molar-refractivity contribution in [3.8, 4) is 11.1 Å². The van der Waals surface area contributed by atoms with Gasteiger partial charge in [0.05, 0.1) is 16.8 Å². The maximum absolute atomic E-state index is 5.51. The second kappa shape index (κ2) is 9.67. The summed E-state index contributed by atoms with van der Waals surface area (Å²) in [7, 11) is 0. The van der Waals surface area contributed by atoms with Crippen LogP contribution in [0.15, 0.2) is 144 Å². The lowest BCUT2D eigenvalue weighted by atomic mass is 9.70. The third kappa shape index (κ3) is 3.46. The fourth-order valence-electron chi connectivity index (χ4n) is 7.86. The second-order valence-electron chi connectivity index (χ2n) is 11.7. The molecule has 0 atom stereocenters. The molecule has 1 spiro atoms. The van der Waals surface area contributed by atoms with E-state index in [0.717, 1.165) is 42.7 Å². The molecule has 0 bridgehead atoms. The Bertz CT molecular complexity index is 2010. The Balaban J connectivity index is 1.49. The van der Waals surface area contributed by atoms with E-state index in [1.54, 1.807) is 0 Å². The molecule has 0 heterocycles. The van der Waals surface area contributed by atoms with Crippen LogP contribution in [0.5, 0.6) is 0 Å². The fourth-order valence-corrected chi connectivity index (χ4v) is 7.86. The van der Waals surface area contributed by atoms with E-state index in [9.17, 15) is 0 Å². The van der Waals surface area contributed by atoms with E-state index < -0.39 is 0 Å². The first kappa shape index (κ1) is 25.0. The zero-order chi connectivity index (χ0) is 28.3. The Labute approximate surface area is 248 Å². The Morgan fingerprint density at radius 2 is 1.31 bits per heavy atom. The molecule has 0 saturated carbocycles. The molecule has 1 nitrogen and oxygen atoms in total. The average molecular weight is 540 g/mol. The van der Waals surface area contributed by atoms with Crippen molar-refractivity contribution in [2.24, 2.45) is 4.99 Å². The van der Waals surface area contributed by atoms with Crippen molar-refractivity contribution in [2.75, 3.05) is 0 Å². The molecule has 0 N–H and O–H groups in total. The highest BCUT2D eigenvalue weighted by Crippen LogP contribution is 2.62. The minimum Gasteiger partial charge on any atom is -0.248 e. The Kier molecular flexibility index (Phi) is 5.76. The summed E-state index contributed by atoms with van der Waals surface area (Å²) < 4.78 is 0. The molecule has 4 aliphatic carbocycles. The summed E-state index contributed by atoms with van der Waals surface area (Å²) >= 11 is 0. The number of allylic oxidation sites excluding steroid dienone is 5. The quantitative estimate of drug-likeness (QED) is 0.231. The van der Waals surface area contributed by atoms with Crippen LogP contribution in [0.2, 0.25) is 0 Å². The highest BCUT2D eigenvalue weighted by atomic mass is 14.8. The summed E-state index contributed by atoms with van der Waals surface area (Å²) in [6, 6.07) is 35.8. The summed E-state index contributed by atoms with van der Waals surface area (Å²) in [6.45, 7) is 6.89. The van der Waals surface area contributed by atoms with Crippen molar-refractivity contribution in [3.63, 3.8) is 0 Å². The van der Waals surface area contributed by atoms with Crippen molar-refractivity contribution in [1.82, 2.24) is 0 Å². The van der Waals surface area contributed by atoms with Crippen molar-refractivity contribution >= 4 is 22.9 Å². The van der Waals surface area contributed by atoms with E-state index in [0.29, 0.717) is 0 Å². The smallest absolute Gasteiger partial charge is 0.0753 e. The van der Waals surface area contributed by atoms with Gasteiger partial charge in [0.15, 0.2) is 0 Å². The van der Waals surface area contributed by atoms with Crippen LogP contribution >= 0.6 is 0 Å². The highest BCUT2D eigenvalue weighted by Gasteiger charge is 2.52. The van der Waals surface area contributed by atoms with Crippen molar-refractivity contribution in [3.05, 3.63) is 171 Å². The Morgan fingerprint density at radius 1 is 0.690 bits per heavy atom. The molecule has 0 radical (unpaired) electrons. The van der Waals surface area contributed by atoms with E-state index >= 15 is 0 Å². The van der Waals surface area contributed by atoms with Crippen LogP contribution in [-0.4, -0.2) is 5.71 Å². The first-order valence-corrected chi connectivity index (χ1v) is 15.1. The predicted octanol–water partition coefficient (Wildman–Crippen LogP) is 8.44. The van der Waals surface area contributed by atoms with Gasteiger partial charge in [0.2, 0.25) is 0 Å². The summed E-state index contributed by atoms with van der Waals surface area (Å²) in [5.41, 5.74) is 14.6. The van der Waals surface area contributed by atoms with Crippen molar-refractivity contribution in [2.45, 2.75) is 38.0 Å². The van der Waals surface area contributed by atoms with Gasteiger partial charge in [-0.15, -0.1) is 0 Å². The SMILES string of the molecule is C=C(/N=C(\C1=C(C)C2(c3ccccc31)c1ccccc1-c1ccccc12)C1=c2ccccc2=CCC1)C1=CCCC=C1. The third-order valence-electron chi connectivity index (χ3n) is 9.63. The van der Waals surface area contributed by atoms with Crippen LogP contribution in [-0.2, 0) is 5.41 Å². The predicted molar refractivity (Wildman–Crippen MR) is 177 cm³/mol. The molecule has 4 aliphatic rings. The molecule has 0 saturated heterocycles. The van der Waals surface area contributed by atoms with Gasteiger partial charge in [-0.25, -0.2) is 4.99 Å². The molecule has 4 aromatic carbocycles. The van der Waals surface area contributed by atoms with Gasteiger partial charge in [-0.1, -0.05) is 128 Å². The minimum absolute atomic E-state index is 0.355. The number of fused-ring (bicyclic) bond motifs is 8. The van der Waals surface area contributed by atoms with E-state index in [1.807, 2.05) is 0 Å². The van der Waals surface area contributed by atoms with Gasteiger partial charge in [0.1, 0.15) is 0 Å². The normalized spacial score (nSPS) is 17.8. The molecule has 0 aromatic heterocycles. The standard InChI is InChI=1S/C41H33N/c1-27-39(40(42-28(2)29-15-4-3-5-16-29)34-23-14-18-30-17-6-7-19-31(30)34)35-22-10-13-26-38(35)41(27)36-24-11-8-20-32(36)33-21-9-12-25-37(33)41/h4,6-13,15-22,24-26H,2-3,5,14,23H2,1H3/b42-40-. The first-order valence-electron chi connectivity index (χ1n) is 15.1. The van der Waals surface area contributed by atoms with Gasteiger partial charge in [-0.2, -0.15) is 0 Å². The van der Waals surface area contributed by atoms with Gasteiger partial charge in [-0.05, 0) is 93.1 Å². The molecular weight excluding hydrogens is 506 g/mol. The molecule has 8 rings (SSSR count). The average Bonchev–Trinajstić information content (AvgIpc) is 3.50. The van der Waals surface area contributed by atoms with Gasteiger partial charge in [0, 0.05) is 5.57 Å². The number of nitrogens with zero attached hydrogens (tertiary/aromatic N) is 1. The van der Waals surface area contributed by atoms with Gasteiger partial charge >= 0.3 is 0 Å². The van der Waals surface area contributed by atoms with Gasteiger partial charge < -0.3 is 0 Å². The monoisotopic (exact) mass is 539 g/mol. The van der Waals surface area contributed by atoms with E-state index in [4.69, 9.17) is 4.99 Å². The van der Waals surface area contributed by atoms with Crippen LogP contribution in [0.4, 0.5) is 0 Å². The van der Waals surface area contributed by atoms with Gasteiger partial charge in [0.25, 0.3) is 0 Å². The molecule has 0 aliphatic heterocycles. The van der Waals surface area contributed by atoms with Crippen LogP contribution in [0.3, 0.4) is 0 Å². The molecule has 0 unspecified atom stereocenters. The third-order valence-corrected chi connectivity index (χ3v) is 9.63.